The second-order valence-corrected chi connectivity index (χ2v) is 6.13. The van der Waals surface area contributed by atoms with E-state index in [1.165, 1.54) is 25.7 Å². The van der Waals surface area contributed by atoms with Crippen molar-refractivity contribution in [3.05, 3.63) is 28.2 Å². The van der Waals surface area contributed by atoms with Gasteiger partial charge in [-0.1, -0.05) is 34.8 Å². The highest BCUT2D eigenvalue weighted by Crippen LogP contribution is 2.33. The van der Waals surface area contributed by atoms with Crippen molar-refractivity contribution in [3.63, 3.8) is 0 Å². The second-order valence-electron chi connectivity index (χ2n) is 5.21. The molecule has 1 saturated carbocycles. The lowest BCUT2D eigenvalue weighted by Gasteiger charge is -2.15. The molecule has 3 rings (SSSR count). The number of carbonyl (C=O) groups is 1. The van der Waals surface area contributed by atoms with Crippen molar-refractivity contribution in [2.24, 2.45) is 5.92 Å². The van der Waals surface area contributed by atoms with E-state index in [1.54, 1.807) is 0 Å². The van der Waals surface area contributed by atoms with Crippen LogP contribution in [0.25, 0.3) is 0 Å². The lowest BCUT2D eigenvalue weighted by atomic mass is 10.1. The van der Waals surface area contributed by atoms with Crippen LogP contribution in [0.5, 0.6) is 0 Å². The van der Waals surface area contributed by atoms with Crippen LogP contribution >= 0.6 is 15.9 Å². The molecule has 0 saturated heterocycles. The van der Waals surface area contributed by atoms with Crippen LogP contribution in [-0.2, 0) is 4.79 Å². The fourth-order valence-electron chi connectivity index (χ4n) is 2.94. The van der Waals surface area contributed by atoms with Gasteiger partial charge in [0.2, 0.25) is 5.91 Å². The molecule has 2 aliphatic rings. The number of hydrogen-bond donors (Lipinski definition) is 2. The second kappa shape index (κ2) is 5.02. The summed E-state index contributed by atoms with van der Waals surface area (Å²) in [6, 6.07) is 5.80. The Labute approximate surface area is 115 Å². The summed E-state index contributed by atoms with van der Waals surface area (Å²) in [5.41, 5.74) is 2.00. The van der Waals surface area contributed by atoms with E-state index in [9.17, 15) is 4.79 Å². The number of halogens is 1. The average Bonchev–Trinajstić information content (AvgIpc) is 2.93. The number of fused-ring (bicyclic) bond motifs is 1. The van der Waals surface area contributed by atoms with Gasteiger partial charge in [0.25, 0.3) is 0 Å². The first-order chi connectivity index (χ1) is 8.74. The van der Waals surface area contributed by atoms with Crippen LogP contribution in [0.1, 0.15) is 37.3 Å². The van der Waals surface area contributed by atoms with Gasteiger partial charge in [-0.25, -0.2) is 0 Å². The van der Waals surface area contributed by atoms with Crippen LogP contribution in [0.15, 0.2) is 22.7 Å². The van der Waals surface area contributed by atoms with Gasteiger partial charge in [-0.05, 0) is 37.4 Å². The SMILES string of the molecule is O=C1Nc2cc(Br)ccc2C1NCC1CCCC1. The summed E-state index contributed by atoms with van der Waals surface area (Å²) in [5, 5.41) is 6.35. The van der Waals surface area contributed by atoms with Crippen molar-refractivity contribution in [3.8, 4) is 0 Å². The molecule has 0 spiro atoms. The number of anilines is 1. The highest BCUT2D eigenvalue weighted by atomic mass is 79.9. The number of nitrogens with one attached hydrogen (secondary N) is 2. The van der Waals surface area contributed by atoms with Gasteiger partial charge in [-0.3, -0.25) is 4.79 Å². The molecule has 1 aliphatic carbocycles. The molecule has 96 valence electrons. The summed E-state index contributed by atoms with van der Waals surface area (Å²) >= 11 is 3.43. The van der Waals surface area contributed by atoms with Crippen LogP contribution in [0.3, 0.4) is 0 Å². The predicted octanol–water partition coefficient (Wildman–Crippen LogP) is 3.22. The summed E-state index contributed by atoms with van der Waals surface area (Å²) in [5.74, 6) is 0.818. The van der Waals surface area contributed by atoms with Crippen LogP contribution in [-0.4, -0.2) is 12.5 Å². The molecule has 1 atom stereocenters. The zero-order valence-electron chi connectivity index (χ0n) is 10.2. The van der Waals surface area contributed by atoms with Gasteiger partial charge in [0.15, 0.2) is 0 Å². The lowest BCUT2D eigenvalue weighted by molar-refractivity contribution is -0.117. The third kappa shape index (κ3) is 2.31. The fourth-order valence-corrected chi connectivity index (χ4v) is 3.30. The third-order valence-corrected chi connectivity index (χ3v) is 4.43. The number of benzene rings is 1. The Hall–Kier alpha value is -0.870. The average molecular weight is 309 g/mol. The molecule has 1 aliphatic heterocycles. The van der Waals surface area contributed by atoms with Crippen molar-refractivity contribution in [2.75, 3.05) is 11.9 Å². The van der Waals surface area contributed by atoms with Gasteiger partial charge in [0.05, 0.1) is 0 Å². The number of rotatable bonds is 3. The molecule has 0 aromatic heterocycles. The lowest BCUT2D eigenvalue weighted by Crippen LogP contribution is -2.31. The molecule has 3 nitrogen and oxygen atoms in total. The largest absolute Gasteiger partial charge is 0.324 e. The molecule has 1 amide bonds. The quantitative estimate of drug-likeness (QED) is 0.900. The summed E-state index contributed by atoms with van der Waals surface area (Å²) in [7, 11) is 0. The van der Waals surface area contributed by atoms with Crippen LogP contribution in [0.2, 0.25) is 0 Å². The van der Waals surface area contributed by atoms with E-state index in [-0.39, 0.29) is 11.9 Å². The normalized spacial score (nSPS) is 23.2. The number of amides is 1. The fraction of sp³-hybridized carbons (Fsp3) is 0.500. The summed E-state index contributed by atoms with van der Waals surface area (Å²) < 4.78 is 0.998. The van der Waals surface area contributed by atoms with E-state index < -0.39 is 0 Å². The van der Waals surface area contributed by atoms with E-state index in [2.05, 4.69) is 26.6 Å². The van der Waals surface area contributed by atoms with Crippen molar-refractivity contribution < 1.29 is 4.79 Å². The molecule has 1 heterocycles. The molecule has 1 unspecified atom stereocenters. The van der Waals surface area contributed by atoms with Crippen molar-refractivity contribution >= 4 is 27.5 Å². The topological polar surface area (TPSA) is 41.1 Å². The van der Waals surface area contributed by atoms with E-state index in [4.69, 9.17) is 0 Å². The molecule has 1 aromatic carbocycles. The van der Waals surface area contributed by atoms with Crippen molar-refractivity contribution in [2.45, 2.75) is 31.7 Å². The maximum atomic E-state index is 12.0. The highest BCUT2D eigenvalue weighted by molar-refractivity contribution is 9.10. The molecule has 2 N–H and O–H groups in total. The predicted molar refractivity (Wildman–Crippen MR) is 75.5 cm³/mol. The summed E-state index contributed by atoms with van der Waals surface area (Å²) in [4.78, 5) is 12.0. The van der Waals surface area contributed by atoms with E-state index in [1.807, 2.05) is 18.2 Å². The van der Waals surface area contributed by atoms with Gasteiger partial charge in [0.1, 0.15) is 6.04 Å². The molecule has 1 fully saturated rings. The first kappa shape index (κ1) is 12.2. The minimum Gasteiger partial charge on any atom is -0.324 e. The standard InChI is InChI=1S/C14H17BrN2O/c15-10-5-6-11-12(7-10)17-14(18)13(11)16-8-9-3-1-2-4-9/h5-7,9,13,16H,1-4,8H2,(H,17,18). The first-order valence-corrected chi connectivity index (χ1v) is 7.37. The van der Waals surface area contributed by atoms with Gasteiger partial charge in [-0.15, -0.1) is 0 Å². The Balaban J connectivity index is 1.71. The van der Waals surface area contributed by atoms with Crippen molar-refractivity contribution in [1.29, 1.82) is 0 Å². The van der Waals surface area contributed by atoms with Crippen molar-refractivity contribution in [1.82, 2.24) is 5.32 Å². The minimum atomic E-state index is -0.173. The van der Waals surface area contributed by atoms with E-state index in [0.717, 1.165) is 28.2 Å². The summed E-state index contributed by atoms with van der Waals surface area (Å²) in [6.45, 7) is 0.952. The number of hydrogen-bond acceptors (Lipinski definition) is 2. The molecule has 0 radical (unpaired) electrons. The number of carbonyl (C=O) groups excluding carboxylic acids is 1. The minimum absolute atomic E-state index is 0.0705. The maximum Gasteiger partial charge on any atom is 0.246 e. The van der Waals surface area contributed by atoms with Gasteiger partial charge >= 0.3 is 0 Å². The maximum absolute atomic E-state index is 12.0. The van der Waals surface area contributed by atoms with Crippen LogP contribution < -0.4 is 10.6 Å². The Morgan fingerprint density at radius 2 is 2.11 bits per heavy atom. The Morgan fingerprint density at radius 3 is 2.89 bits per heavy atom. The zero-order valence-corrected chi connectivity index (χ0v) is 11.8. The van der Waals surface area contributed by atoms with E-state index >= 15 is 0 Å². The zero-order chi connectivity index (χ0) is 12.5. The van der Waals surface area contributed by atoms with Crippen LogP contribution in [0.4, 0.5) is 5.69 Å². The summed E-state index contributed by atoms with van der Waals surface area (Å²) in [6.07, 6.45) is 5.28. The Kier molecular flexibility index (Phi) is 3.39. The molecule has 18 heavy (non-hydrogen) atoms. The van der Waals surface area contributed by atoms with E-state index in [0.29, 0.717) is 0 Å². The smallest absolute Gasteiger partial charge is 0.246 e. The molecular formula is C14H17BrN2O. The first-order valence-electron chi connectivity index (χ1n) is 6.58. The molecule has 0 bridgehead atoms. The molecule has 1 aromatic rings. The molecular weight excluding hydrogens is 292 g/mol. The Bertz CT molecular complexity index is 469. The van der Waals surface area contributed by atoms with Crippen LogP contribution in [0, 0.1) is 5.92 Å². The molecule has 4 heteroatoms. The van der Waals surface area contributed by atoms with Gasteiger partial charge < -0.3 is 10.6 Å². The van der Waals surface area contributed by atoms with Gasteiger partial charge in [0, 0.05) is 15.7 Å². The Morgan fingerprint density at radius 1 is 1.33 bits per heavy atom. The van der Waals surface area contributed by atoms with Gasteiger partial charge in [-0.2, -0.15) is 0 Å². The highest BCUT2D eigenvalue weighted by Gasteiger charge is 2.30. The third-order valence-electron chi connectivity index (χ3n) is 3.93. The monoisotopic (exact) mass is 308 g/mol.